The Bertz CT molecular complexity index is 477. The first-order valence-electron chi connectivity index (χ1n) is 5.09. The highest BCUT2D eigenvalue weighted by atomic mass is 35.5. The first kappa shape index (κ1) is 12.2. The number of hydrogen-bond acceptors (Lipinski definition) is 2. The molecule has 0 saturated carbocycles. The molecule has 0 aromatic heterocycles. The van der Waals surface area contributed by atoms with Crippen LogP contribution in [0, 0.1) is 0 Å². The molecule has 4 nitrogen and oxygen atoms in total. The molecule has 17 heavy (non-hydrogen) atoms. The summed E-state index contributed by atoms with van der Waals surface area (Å²) < 4.78 is 0. The summed E-state index contributed by atoms with van der Waals surface area (Å²) in [6.45, 7) is 0.447. The van der Waals surface area contributed by atoms with E-state index in [1.165, 1.54) is 6.07 Å². The molecule has 1 fully saturated rings. The summed E-state index contributed by atoms with van der Waals surface area (Å²) in [4.78, 5) is 22.9. The van der Waals surface area contributed by atoms with Gasteiger partial charge in [0.2, 0.25) is 5.91 Å². The van der Waals surface area contributed by atoms with Gasteiger partial charge in [0.25, 0.3) is 5.91 Å². The van der Waals surface area contributed by atoms with E-state index >= 15 is 0 Å². The van der Waals surface area contributed by atoms with Crippen molar-refractivity contribution in [3.63, 3.8) is 0 Å². The zero-order valence-corrected chi connectivity index (χ0v) is 10.3. The highest BCUT2D eigenvalue weighted by Gasteiger charge is 2.24. The fourth-order valence-electron chi connectivity index (χ4n) is 1.64. The van der Waals surface area contributed by atoms with Crippen LogP contribution in [0.4, 0.5) is 0 Å². The highest BCUT2D eigenvalue weighted by molar-refractivity contribution is 6.35. The minimum absolute atomic E-state index is 0.0625. The lowest BCUT2D eigenvalue weighted by Gasteiger charge is -2.11. The van der Waals surface area contributed by atoms with Crippen LogP contribution in [0.5, 0.6) is 0 Å². The van der Waals surface area contributed by atoms with E-state index < -0.39 is 0 Å². The summed E-state index contributed by atoms with van der Waals surface area (Å²) in [6.07, 6.45) is 0.296. The molecule has 6 heteroatoms. The van der Waals surface area contributed by atoms with Crippen LogP contribution in [0.1, 0.15) is 16.8 Å². The lowest BCUT2D eigenvalue weighted by Crippen LogP contribution is -2.36. The van der Waals surface area contributed by atoms with Gasteiger partial charge in [-0.25, -0.2) is 0 Å². The number of rotatable bonds is 2. The highest BCUT2D eigenvalue weighted by Crippen LogP contribution is 2.20. The lowest BCUT2D eigenvalue weighted by molar-refractivity contribution is -0.119. The van der Waals surface area contributed by atoms with E-state index in [1.807, 2.05) is 0 Å². The van der Waals surface area contributed by atoms with Crippen LogP contribution in [0.2, 0.25) is 10.0 Å². The van der Waals surface area contributed by atoms with Crippen molar-refractivity contribution in [2.75, 3.05) is 6.54 Å². The molecular weight excluding hydrogens is 263 g/mol. The maximum Gasteiger partial charge on any atom is 0.253 e. The first-order valence-corrected chi connectivity index (χ1v) is 5.84. The van der Waals surface area contributed by atoms with Crippen LogP contribution in [-0.2, 0) is 4.79 Å². The molecule has 90 valence electrons. The average molecular weight is 273 g/mol. The zero-order valence-electron chi connectivity index (χ0n) is 8.80. The Labute approximate surface area is 108 Å². The van der Waals surface area contributed by atoms with Crippen LogP contribution in [0.15, 0.2) is 18.2 Å². The van der Waals surface area contributed by atoms with E-state index in [4.69, 9.17) is 23.2 Å². The van der Waals surface area contributed by atoms with Gasteiger partial charge in [-0.3, -0.25) is 9.59 Å². The fourth-order valence-corrected chi connectivity index (χ4v) is 2.02. The van der Waals surface area contributed by atoms with Crippen molar-refractivity contribution in [1.29, 1.82) is 0 Å². The van der Waals surface area contributed by atoms with Gasteiger partial charge in [0.1, 0.15) is 0 Å². The molecule has 0 radical (unpaired) electrons. The Hall–Kier alpha value is -1.26. The van der Waals surface area contributed by atoms with E-state index in [9.17, 15) is 9.59 Å². The SMILES string of the molecule is O=C1CC(NC(=O)c2cc(Cl)ccc2Cl)CN1. The van der Waals surface area contributed by atoms with Crippen LogP contribution < -0.4 is 10.6 Å². The molecule has 1 aliphatic heterocycles. The van der Waals surface area contributed by atoms with Crippen molar-refractivity contribution < 1.29 is 9.59 Å². The molecule has 0 spiro atoms. The van der Waals surface area contributed by atoms with Crippen molar-refractivity contribution in [1.82, 2.24) is 10.6 Å². The third kappa shape index (κ3) is 2.90. The van der Waals surface area contributed by atoms with Gasteiger partial charge in [-0.2, -0.15) is 0 Å². The van der Waals surface area contributed by atoms with E-state index in [-0.39, 0.29) is 17.9 Å². The number of halogens is 2. The van der Waals surface area contributed by atoms with E-state index in [2.05, 4.69) is 10.6 Å². The van der Waals surface area contributed by atoms with E-state index in [0.717, 1.165) is 0 Å². The van der Waals surface area contributed by atoms with Crippen molar-refractivity contribution in [3.05, 3.63) is 33.8 Å². The number of nitrogens with one attached hydrogen (secondary N) is 2. The van der Waals surface area contributed by atoms with Crippen LogP contribution in [0.25, 0.3) is 0 Å². The predicted octanol–water partition coefficient (Wildman–Crippen LogP) is 1.61. The molecule has 1 atom stereocenters. The Kier molecular flexibility index (Phi) is 3.54. The maximum atomic E-state index is 11.9. The van der Waals surface area contributed by atoms with Crippen molar-refractivity contribution >= 4 is 35.0 Å². The van der Waals surface area contributed by atoms with Crippen LogP contribution in [0.3, 0.4) is 0 Å². The van der Waals surface area contributed by atoms with Gasteiger partial charge in [0.15, 0.2) is 0 Å². The molecule has 2 amide bonds. The third-order valence-electron chi connectivity index (χ3n) is 2.49. The molecule has 1 heterocycles. The molecular formula is C11H10Cl2N2O2. The standard InChI is InChI=1S/C11H10Cl2N2O2/c12-6-1-2-9(13)8(3-6)11(17)15-7-4-10(16)14-5-7/h1-3,7H,4-5H2,(H,14,16)(H,15,17). The summed E-state index contributed by atoms with van der Waals surface area (Å²) in [5, 5.41) is 6.15. The summed E-state index contributed by atoms with van der Waals surface area (Å²) in [7, 11) is 0. The largest absolute Gasteiger partial charge is 0.354 e. The second-order valence-corrected chi connectivity index (χ2v) is 4.65. The minimum atomic E-state index is -0.320. The maximum absolute atomic E-state index is 11.9. The van der Waals surface area contributed by atoms with Gasteiger partial charge < -0.3 is 10.6 Å². The third-order valence-corrected chi connectivity index (χ3v) is 3.05. The second-order valence-electron chi connectivity index (χ2n) is 3.80. The lowest BCUT2D eigenvalue weighted by atomic mass is 10.2. The minimum Gasteiger partial charge on any atom is -0.354 e. The first-order chi connectivity index (χ1) is 8.06. The quantitative estimate of drug-likeness (QED) is 0.860. The summed E-state index contributed by atoms with van der Waals surface area (Å²) in [5.41, 5.74) is 0.318. The molecule has 0 bridgehead atoms. The van der Waals surface area contributed by atoms with Crippen molar-refractivity contribution in [2.45, 2.75) is 12.5 Å². The van der Waals surface area contributed by atoms with Crippen molar-refractivity contribution in [2.24, 2.45) is 0 Å². The van der Waals surface area contributed by atoms with Gasteiger partial charge in [-0.1, -0.05) is 23.2 Å². The predicted molar refractivity (Wildman–Crippen MR) is 65.3 cm³/mol. The van der Waals surface area contributed by atoms with Gasteiger partial charge in [-0.15, -0.1) is 0 Å². The monoisotopic (exact) mass is 272 g/mol. The second kappa shape index (κ2) is 4.94. The summed E-state index contributed by atoms with van der Waals surface area (Å²) in [5.74, 6) is -0.383. The van der Waals surface area contributed by atoms with Gasteiger partial charge in [0, 0.05) is 18.0 Å². The molecule has 2 N–H and O–H groups in total. The van der Waals surface area contributed by atoms with E-state index in [1.54, 1.807) is 12.1 Å². The zero-order chi connectivity index (χ0) is 12.4. The van der Waals surface area contributed by atoms with E-state index in [0.29, 0.717) is 28.6 Å². The van der Waals surface area contributed by atoms with Gasteiger partial charge in [0.05, 0.1) is 16.6 Å². The molecule has 2 rings (SSSR count). The molecule has 1 aliphatic rings. The Morgan fingerprint density at radius 3 is 2.82 bits per heavy atom. The number of hydrogen-bond donors (Lipinski definition) is 2. The fraction of sp³-hybridized carbons (Fsp3) is 0.273. The summed E-state index contributed by atoms with van der Waals surface area (Å²) >= 11 is 11.7. The molecule has 0 aliphatic carbocycles. The molecule has 1 aromatic carbocycles. The topological polar surface area (TPSA) is 58.2 Å². The smallest absolute Gasteiger partial charge is 0.253 e. The number of carbonyl (C=O) groups is 2. The Balaban J connectivity index is 2.09. The van der Waals surface area contributed by atoms with Gasteiger partial charge >= 0.3 is 0 Å². The summed E-state index contributed by atoms with van der Waals surface area (Å²) in [6, 6.07) is 4.49. The average Bonchev–Trinajstić information content (AvgIpc) is 2.67. The Morgan fingerprint density at radius 1 is 1.41 bits per heavy atom. The normalized spacial score (nSPS) is 18.9. The Morgan fingerprint density at radius 2 is 2.18 bits per heavy atom. The number of amides is 2. The molecule has 1 saturated heterocycles. The van der Waals surface area contributed by atoms with Crippen molar-refractivity contribution in [3.8, 4) is 0 Å². The number of carbonyl (C=O) groups excluding carboxylic acids is 2. The van der Waals surface area contributed by atoms with Crippen LogP contribution in [-0.4, -0.2) is 24.4 Å². The van der Waals surface area contributed by atoms with Gasteiger partial charge in [-0.05, 0) is 18.2 Å². The molecule has 1 aromatic rings. The number of benzene rings is 1. The van der Waals surface area contributed by atoms with Crippen LogP contribution >= 0.6 is 23.2 Å². The molecule has 1 unspecified atom stereocenters.